The molecule has 0 radical (unpaired) electrons. The third-order valence-corrected chi connectivity index (χ3v) is 2.82. The van der Waals surface area contributed by atoms with Crippen LogP contribution < -0.4 is 11.1 Å². The molecule has 3 N–H and O–H groups in total. The van der Waals surface area contributed by atoms with E-state index in [1.54, 1.807) is 6.20 Å². The lowest BCUT2D eigenvalue weighted by atomic mass is 10.2. The Bertz CT molecular complexity index is 513. The summed E-state index contributed by atoms with van der Waals surface area (Å²) in [6.45, 7) is 1.53. The van der Waals surface area contributed by atoms with Gasteiger partial charge in [-0.15, -0.1) is 0 Å². The quantitative estimate of drug-likeness (QED) is 0.648. The van der Waals surface area contributed by atoms with Crippen LogP contribution in [0.5, 0.6) is 0 Å². The number of hydrogen-bond donors (Lipinski definition) is 2. The molecule has 0 aliphatic rings. The molecule has 2 aromatic rings. The van der Waals surface area contributed by atoms with Crippen LogP contribution in [-0.2, 0) is 6.54 Å². The lowest BCUT2D eigenvalue weighted by Gasteiger charge is -2.10. The zero-order chi connectivity index (χ0) is 13.0. The van der Waals surface area contributed by atoms with Gasteiger partial charge in [-0.2, -0.15) is 5.10 Å². The highest BCUT2D eigenvalue weighted by molar-refractivity contribution is 6.31. The SMILES string of the molecule is Nc1cc(F)c(Cl)cc1NCCCn1cccn1. The molecule has 6 heteroatoms. The van der Waals surface area contributed by atoms with E-state index in [2.05, 4.69) is 10.4 Å². The summed E-state index contributed by atoms with van der Waals surface area (Å²) in [5.41, 5.74) is 6.70. The predicted molar refractivity (Wildman–Crippen MR) is 71.2 cm³/mol. The zero-order valence-electron chi connectivity index (χ0n) is 9.74. The molecule has 4 nitrogen and oxygen atoms in total. The molecule has 0 amide bonds. The van der Waals surface area contributed by atoms with Crippen LogP contribution in [-0.4, -0.2) is 16.3 Å². The number of nitrogens with two attached hydrogens (primary N) is 1. The minimum Gasteiger partial charge on any atom is -0.397 e. The van der Waals surface area contributed by atoms with Crippen LogP contribution in [0.1, 0.15) is 6.42 Å². The number of anilines is 2. The number of nitrogens with one attached hydrogen (secondary N) is 1. The Morgan fingerprint density at radius 3 is 3.00 bits per heavy atom. The van der Waals surface area contributed by atoms with Gasteiger partial charge in [-0.3, -0.25) is 4.68 Å². The molecule has 0 spiro atoms. The number of aryl methyl sites for hydroxylation is 1. The van der Waals surface area contributed by atoms with Crippen LogP contribution >= 0.6 is 11.6 Å². The summed E-state index contributed by atoms with van der Waals surface area (Å²) in [4.78, 5) is 0. The Morgan fingerprint density at radius 1 is 1.44 bits per heavy atom. The fraction of sp³-hybridized carbons (Fsp3) is 0.250. The summed E-state index contributed by atoms with van der Waals surface area (Å²) < 4.78 is 14.9. The van der Waals surface area contributed by atoms with Crippen LogP contribution in [0, 0.1) is 5.82 Å². The van der Waals surface area contributed by atoms with Crippen LogP contribution in [0.4, 0.5) is 15.8 Å². The van der Waals surface area contributed by atoms with Crippen molar-refractivity contribution in [1.29, 1.82) is 0 Å². The summed E-state index contributed by atoms with van der Waals surface area (Å²) >= 11 is 5.70. The molecule has 1 heterocycles. The van der Waals surface area contributed by atoms with Gasteiger partial charge < -0.3 is 11.1 Å². The summed E-state index contributed by atoms with van der Waals surface area (Å²) in [5, 5.41) is 7.29. The number of nitrogens with zero attached hydrogens (tertiary/aromatic N) is 2. The summed E-state index contributed by atoms with van der Waals surface area (Å²) in [6, 6.07) is 4.60. The molecule has 0 fully saturated rings. The molecule has 0 saturated carbocycles. The Hall–Kier alpha value is -1.75. The predicted octanol–water partition coefficient (Wildman–Crippen LogP) is 2.76. The maximum Gasteiger partial charge on any atom is 0.143 e. The standard InChI is InChI=1S/C12H14ClFN4/c13-9-7-12(11(15)8-10(9)14)16-3-1-5-18-6-2-4-17-18/h2,4,6-8,16H,1,3,5,15H2. The fourth-order valence-electron chi connectivity index (χ4n) is 1.61. The smallest absolute Gasteiger partial charge is 0.143 e. The second-order valence-electron chi connectivity index (χ2n) is 3.90. The van der Waals surface area contributed by atoms with E-state index in [0.717, 1.165) is 13.0 Å². The Morgan fingerprint density at radius 2 is 2.28 bits per heavy atom. The van der Waals surface area contributed by atoms with Crippen molar-refractivity contribution >= 4 is 23.0 Å². The van der Waals surface area contributed by atoms with E-state index in [9.17, 15) is 4.39 Å². The van der Waals surface area contributed by atoms with Gasteiger partial charge in [0.25, 0.3) is 0 Å². The number of aromatic nitrogens is 2. The van der Waals surface area contributed by atoms with Crippen molar-refractivity contribution in [3.05, 3.63) is 41.4 Å². The van der Waals surface area contributed by atoms with Gasteiger partial charge in [-0.25, -0.2) is 4.39 Å². The van der Waals surface area contributed by atoms with Crippen LogP contribution in [0.15, 0.2) is 30.6 Å². The Kier molecular flexibility index (Phi) is 4.04. The lowest BCUT2D eigenvalue weighted by molar-refractivity contribution is 0.592. The first-order chi connectivity index (χ1) is 8.66. The molecule has 96 valence electrons. The van der Waals surface area contributed by atoms with Crippen molar-refractivity contribution in [1.82, 2.24) is 9.78 Å². The van der Waals surface area contributed by atoms with E-state index in [4.69, 9.17) is 17.3 Å². The molecular weight excluding hydrogens is 255 g/mol. The van der Waals surface area contributed by atoms with Crippen molar-refractivity contribution < 1.29 is 4.39 Å². The minimum absolute atomic E-state index is 0.0683. The van der Waals surface area contributed by atoms with Gasteiger partial charge in [0.05, 0.1) is 16.4 Å². The lowest BCUT2D eigenvalue weighted by Crippen LogP contribution is -2.08. The maximum absolute atomic E-state index is 13.1. The molecule has 1 aromatic heterocycles. The molecule has 0 aliphatic carbocycles. The van der Waals surface area contributed by atoms with Crippen LogP contribution in [0.3, 0.4) is 0 Å². The van der Waals surface area contributed by atoms with E-state index < -0.39 is 5.82 Å². The van der Waals surface area contributed by atoms with Crippen molar-refractivity contribution in [2.45, 2.75) is 13.0 Å². The van der Waals surface area contributed by atoms with E-state index >= 15 is 0 Å². The van der Waals surface area contributed by atoms with Gasteiger partial charge in [-0.1, -0.05) is 11.6 Å². The van der Waals surface area contributed by atoms with Crippen molar-refractivity contribution in [2.75, 3.05) is 17.6 Å². The van der Waals surface area contributed by atoms with Gasteiger partial charge >= 0.3 is 0 Å². The highest BCUT2D eigenvalue weighted by Crippen LogP contribution is 2.26. The molecule has 2 rings (SSSR count). The van der Waals surface area contributed by atoms with Crippen LogP contribution in [0.2, 0.25) is 5.02 Å². The van der Waals surface area contributed by atoms with Crippen molar-refractivity contribution in [3.63, 3.8) is 0 Å². The molecule has 0 bridgehead atoms. The summed E-state index contributed by atoms with van der Waals surface area (Å²) in [7, 11) is 0. The van der Waals surface area contributed by atoms with Crippen molar-refractivity contribution in [2.24, 2.45) is 0 Å². The summed E-state index contributed by atoms with van der Waals surface area (Å²) in [5.74, 6) is -0.503. The molecule has 0 aliphatic heterocycles. The second-order valence-corrected chi connectivity index (χ2v) is 4.31. The molecule has 0 atom stereocenters. The Labute approximate surface area is 110 Å². The van der Waals surface area contributed by atoms with E-state index in [-0.39, 0.29) is 5.02 Å². The number of nitrogen functional groups attached to an aromatic ring is 1. The number of benzene rings is 1. The van der Waals surface area contributed by atoms with Gasteiger partial charge in [0, 0.05) is 31.5 Å². The molecule has 18 heavy (non-hydrogen) atoms. The molecule has 0 unspecified atom stereocenters. The molecular formula is C12H14ClFN4. The molecule has 0 saturated heterocycles. The largest absolute Gasteiger partial charge is 0.397 e. The van der Waals surface area contributed by atoms with E-state index in [1.807, 2.05) is 16.9 Å². The van der Waals surface area contributed by atoms with Gasteiger partial charge in [-0.05, 0) is 18.6 Å². The average molecular weight is 269 g/mol. The maximum atomic E-state index is 13.1. The van der Waals surface area contributed by atoms with E-state index in [0.29, 0.717) is 17.9 Å². The fourth-order valence-corrected chi connectivity index (χ4v) is 1.78. The zero-order valence-corrected chi connectivity index (χ0v) is 10.5. The third-order valence-electron chi connectivity index (χ3n) is 2.53. The highest BCUT2D eigenvalue weighted by atomic mass is 35.5. The molecule has 1 aromatic carbocycles. The third kappa shape index (κ3) is 3.13. The monoisotopic (exact) mass is 268 g/mol. The van der Waals surface area contributed by atoms with E-state index in [1.165, 1.54) is 12.1 Å². The van der Waals surface area contributed by atoms with Gasteiger partial charge in [0.15, 0.2) is 0 Å². The first kappa shape index (κ1) is 12.7. The van der Waals surface area contributed by atoms with Crippen LogP contribution in [0.25, 0.3) is 0 Å². The highest BCUT2D eigenvalue weighted by Gasteiger charge is 2.05. The minimum atomic E-state index is -0.503. The topological polar surface area (TPSA) is 55.9 Å². The summed E-state index contributed by atoms with van der Waals surface area (Å²) in [6.07, 6.45) is 4.53. The number of rotatable bonds is 5. The van der Waals surface area contributed by atoms with Gasteiger partial charge in [0.1, 0.15) is 5.82 Å². The number of hydrogen-bond acceptors (Lipinski definition) is 3. The van der Waals surface area contributed by atoms with Gasteiger partial charge in [0.2, 0.25) is 0 Å². The first-order valence-corrected chi connectivity index (χ1v) is 6.00. The average Bonchev–Trinajstić information content (AvgIpc) is 2.84. The second kappa shape index (κ2) is 5.73. The number of halogens is 2. The van der Waals surface area contributed by atoms with Crippen molar-refractivity contribution in [3.8, 4) is 0 Å². The normalized spacial score (nSPS) is 10.6. The Balaban J connectivity index is 1.85. The first-order valence-electron chi connectivity index (χ1n) is 5.62.